The summed E-state index contributed by atoms with van der Waals surface area (Å²) < 4.78 is 2.18. The normalized spacial score (nSPS) is 11.2. The SMILES string of the molecule is CNC(=O)CCn1ccc2cccc(CNCC(C)C)c21. The van der Waals surface area contributed by atoms with Gasteiger partial charge in [0.15, 0.2) is 0 Å². The number of aromatic nitrogens is 1. The first-order valence-corrected chi connectivity index (χ1v) is 7.60. The largest absolute Gasteiger partial charge is 0.359 e. The number of rotatable bonds is 7. The highest BCUT2D eigenvalue weighted by Gasteiger charge is 2.08. The molecule has 0 bridgehead atoms. The molecule has 0 spiro atoms. The second kappa shape index (κ2) is 7.27. The summed E-state index contributed by atoms with van der Waals surface area (Å²) >= 11 is 0. The van der Waals surface area contributed by atoms with Gasteiger partial charge in [-0.1, -0.05) is 32.0 Å². The number of aryl methyl sites for hydroxylation is 1. The Balaban J connectivity index is 2.16. The lowest BCUT2D eigenvalue weighted by Gasteiger charge is -2.12. The number of nitrogens with zero attached hydrogens (tertiary/aromatic N) is 1. The molecule has 0 saturated carbocycles. The average molecular weight is 287 g/mol. The number of carbonyl (C=O) groups is 1. The molecule has 21 heavy (non-hydrogen) atoms. The molecule has 0 unspecified atom stereocenters. The molecule has 2 aromatic rings. The Hall–Kier alpha value is -1.81. The summed E-state index contributed by atoms with van der Waals surface area (Å²) in [5.74, 6) is 0.719. The zero-order chi connectivity index (χ0) is 15.2. The molecule has 1 amide bonds. The summed E-state index contributed by atoms with van der Waals surface area (Å²) in [4.78, 5) is 11.4. The van der Waals surface area contributed by atoms with Crippen LogP contribution in [0.3, 0.4) is 0 Å². The van der Waals surface area contributed by atoms with E-state index in [1.807, 2.05) is 0 Å². The molecule has 1 aromatic heterocycles. The van der Waals surface area contributed by atoms with Gasteiger partial charge in [-0.15, -0.1) is 0 Å². The molecule has 0 radical (unpaired) electrons. The number of carbonyl (C=O) groups excluding carboxylic acids is 1. The number of benzene rings is 1. The quantitative estimate of drug-likeness (QED) is 0.822. The molecule has 2 N–H and O–H groups in total. The predicted molar refractivity (Wildman–Crippen MR) is 87.2 cm³/mol. The summed E-state index contributed by atoms with van der Waals surface area (Å²) in [7, 11) is 1.68. The molecular weight excluding hydrogens is 262 g/mol. The first-order chi connectivity index (χ1) is 10.1. The number of fused-ring (bicyclic) bond motifs is 1. The van der Waals surface area contributed by atoms with E-state index in [4.69, 9.17) is 0 Å². The van der Waals surface area contributed by atoms with E-state index >= 15 is 0 Å². The molecule has 2 rings (SSSR count). The minimum absolute atomic E-state index is 0.0762. The molecule has 1 heterocycles. The molecule has 0 saturated heterocycles. The van der Waals surface area contributed by atoms with Gasteiger partial charge < -0.3 is 15.2 Å². The third kappa shape index (κ3) is 4.08. The number of hydrogen-bond acceptors (Lipinski definition) is 2. The fourth-order valence-electron chi connectivity index (χ4n) is 2.51. The zero-order valence-corrected chi connectivity index (χ0v) is 13.1. The molecule has 4 nitrogen and oxygen atoms in total. The van der Waals surface area contributed by atoms with Crippen molar-refractivity contribution in [3.63, 3.8) is 0 Å². The van der Waals surface area contributed by atoms with Crippen molar-refractivity contribution in [3.05, 3.63) is 36.0 Å². The second-order valence-electron chi connectivity index (χ2n) is 5.81. The molecule has 1 aromatic carbocycles. The average Bonchev–Trinajstić information content (AvgIpc) is 2.88. The maximum absolute atomic E-state index is 11.4. The van der Waals surface area contributed by atoms with Crippen LogP contribution in [0, 0.1) is 5.92 Å². The van der Waals surface area contributed by atoms with Crippen LogP contribution in [0.5, 0.6) is 0 Å². The van der Waals surface area contributed by atoms with Gasteiger partial charge in [0.25, 0.3) is 0 Å². The first kappa shape index (κ1) is 15.6. The third-order valence-corrected chi connectivity index (χ3v) is 3.60. The van der Waals surface area contributed by atoms with E-state index in [0.29, 0.717) is 18.9 Å². The maximum Gasteiger partial charge on any atom is 0.221 e. The first-order valence-electron chi connectivity index (χ1n) is 7.60. The Morgan fingerprint density at radius 2 is 2.10 bits per heavy atom. The van der Waals surface area contributed by atoms with E-state index < -0.39 is 0 Å². The summed E-state index contributed by atoms with van der Waals surface area (Å²) in [6.07, 6.45) is 2.58. The molecule has 0 aliphatic heterocycles. The third-order valence-electron chi connectivity index (χ3n) is 3.60. The van der Waals surface area contributed by atoms with E-state index in [0.717, 1.165) is 13.1 Å². The van der Waals surface area contributed by atoms with Gasteiger partial charge in [-0.2, -0.15) is 0 Å². The standard InChI is InChI=1S/C17H25N3O/c1-13(2)11-19-12-15-6-4-5-14-7-9-20(17(14)15)10-8-16(21)18-3/h4-7,9,13,19H,8,10-12H2,1-3H3,(H,18,21). The number of amides is 1. The lowest BCUT2D eigenvalue weighted by Crippen LogP contribution is -2.20. The van der Waals surface area contributed by atoms with Gasteiger partial charge >= 0.3 is 0 Å². The van der Waals surface area contributed by atoms with E-state index in [9.17, 15) is 4.79 Å². The topological polar surface area (TPSA) is 46.1 Å². The highest BCUT2D eigenvalue weighted by atomic mass is 16.1. The molecule has 114 valence electrons. The van der Waals surface area contributed by atoms with Crippen molar-refractivity contribution in [2.24, 2.45) is 5.92 Å². The highest BCUT2D eigenvalue weighted by molar-refractivity contribution is 5.83. The lowest BCUT2D eigenvalue weighted by molar-refractivity contribution is -0.120. The van der Waals surface area contributed by atoms with Crippen LogP contribution in [0.25, 0.3) is 10.9 Å². The van der Waals surface area contributed by atoms with Crippen molar-refractivity contribution >= 4 is 16.8 Å². The minimum atomic E-state index is 0.0762. The summed E-state index contributed by atoms with van der Waals surface area (Å²) in [5, 5.41) is 7.40. The second-order valence-corrected chi connectivity index (χ2v) is 5.81. The molecule has 0 aliphatic carbocycles. The van der Waals surface area contributed by atoms with Crippen LogP contribution in [0.1, 0.15) is 25.8 Å². The van der Waals surface area contributed by atoms with Crippen LogP contribution in [0.2, 0.25) is 0 Å². The van der Waals surface area contributed by atoms with Gasteiger partial charge in [0.2, 0.25) is 5.91 Å². The molecule has 0 aliphatic rings. The van der Waals surface area contributed by atoms with Crippen molar-refractivity contribution in [1.82, 2.24) is 15.2 Å². The lowest BCUT2D eigenvalue weighted by atomic mass is 10.1. The monoisotopic (exact) mass is 287 g/mol. The Bertz CT molecular complexity index is 601. The fraction of sp³-hybridized carbons (Fsp3) is 0.471. The molecule has 4 heteroatoms. The summed E-state index contributed by atoms with van der Waals surface area (Å²) in [5.41, 5.74) is 2.52. The highest BCUT2D eigenvalue weighted by Crippen LogP contribution is 2.20. The fourth-order valence-corrected chi connectivity index (χ4v) is 2.51. The Morgan fingerprint density at radius 3 is 2.81 bits per heavy atom. The van der Waals surface area contributed by atoms with Gasteiger partial charge in [0.1, 0.15) is 0 Å². The van der Waals surface area contributed by atoms with E-state index in [2.05, 4.69) is 59.5 Å². The van der Waals surface area contributed by atoms with E-state index in [1.165, 1.54) is 16.5 Å². The summed E-state index contributed by atoms with van der Waals surface area (Å²) in [6.45, 7) is 7.00. The van der Waals surface area contributed by atoms with Crippen LogP contribution in [0.4, 0.5) is 0 Å². The predicted octanol–water partition coefficient (Wildman–Crippen LogP) is 2.52. The van der Waals surface area contributed by atoms with Gasteiger partial charge in [0.05, 0.1) is 5.52 Å². The number of nitrogens with one attached hydrogen (secondary N) is 2. The van der Waals surface area contributed by atoms with Crippen molar-refractivity contribution < 1.29 is 4.79 Å². The minimum Gasteiger partial charge on any atom is -0.359 e. The van der Waals surface area contributed by atoms with Crippen molar-refractivity contribution in [2.45, 2.75) is 33.4 Å². The Labute approximate surface area is 126 Å². The van der Waals surface area contributed by atoms with Crippen molar-refractivity contribution in [3.8, 4) is 0 Å². The van der Waals surface area contributed by atoms with Crippen LogP contribution < -0.4 is 10.6 Å². The Kier molecular flexibility index (Phi) is 5.39. The van der Waals surface area contributed by atoms with Crippen LogP contribution in [0.15, 0.2) is 30.5 Å². The van der Waals surface area contributed by atoms with Crippen LogP contribution in [-0.2, 0) is 17.9 Å². The Morgan fingerprint density at radius 1 is 1.29 bits per heavy atom. The van der Waals surface area contributed by atoms with E-state index in [1.54, 1.807) is 7.05 Å². The van der Waals surface area contributed by atoms with Crippen molar-refractivity contribution in [1.29, 1.82) is 0 Å². The van der Waals surface area contributed by atoms with Crippen LogP contribution >= 0.6 is 0 Å². The molecule has 0 fully saturated rings. The van der Waals surface area contributed by atoms with Gasteiger partial charge in [0, 0.05) is 32.8 Å². The smallest absolute Gasteiger partial charge is 0.221 e. The molecule has 0 atom stereocenters. The van der Waals surface area contributed by atoms with Crippen molar-refractivity contribution in [2.75, 3.05) is 13.6 Å². The molecular formula is C17H25N3O. The number of para-hydroxylation sites is 1. The van der Waals surface area contributed by atoms with Gasteiger partial charge in [-0.05, 0) is 29.5 Å². The zero-order valence-electron chi connectivity index (χ0n) is 13.1. The van der Waals surface area contributed by atoms with Crippen LogP contribution in [-0.4, -0.2) is 24.1 Å². The number of hydrogen-bond donors (Lipinski definition) is 2. The summed E-state index contributed by atoms with van der Waals surface area (Å²) in [6, 6.07) is 8.49. The van der Waals surface area contributed by atoms with E-state index in [-0.39, 0.29) is 5.91 Å². The maximum atomic E-state index is 11.4. The van der Waals surface area contributed by atoms with Gasteiger partial charge in [-0.25, -0.2) is 0 Å². The van der Waals surface area contributed by atoms with Gasteiger partial charge in [-0.3, -0.25) is 4.79 Å².